The quantitative estimate of drug-likeness (QED) is 0.140. The van der Waals surface area contributed by atoms with Gasteiger partial charge in [0, 0.05) is 33.8 Å². The fourth-order valence-electron chi connectivity index (χ4n) is 11.7. The van der Waals surface area contributed by atoms with Gasteiger partial charge in [0.2, 0.25) is 0 Å². The SMILES string of the molecule is C[Si](C)(C)c1ccccc1N(c1ccccc1)c1ccc2c3c(ccc2c1)-c1c(cc(N(c2ccccc2)c2ccccc2[Si](C)(C)C)c2ccccc12)C31c2ccccc2-c2ccccc21. The molecule has 0 aliphatic heterocycles. The second-order valence-electron chi connectivity index (χ2n) is 20.5. The maximum atomic E-state index is 2.59. The molecule has 324 valence electrons. The van der Waals surface area contributed by atoms with E-state index >= 15 is 0 Å². The van der Waals surface area contributed by atoms with Crippen molar-refractivity contribution in [3.8, 4) is 22.3 Å². The Morgan fingerprint density at radius 1 is 0.328 bits per heavy atom. The minimum absolute atomic E-state index is 0.581. The molecule has 0 unspecified atom stereocenters. The van der Waals surface area contributed by atoms with Gasteiger partial charge in [-0.25, -0.2) is 0 Å². The molecule has 10 aromatic rings. The highest BCUT2D eigenvalue weighted by Gasteiger charge is 2.53. The first-order chi connectivity index (χ1) is 32.5. The molecule has 0 fully saturated rings. The van der Waals surface area contributed by atoms with Crippen molar-refractivity contribution in [2.45, 2.75) is 44.7 Å². The zero-order valence-corrected chi connectivity index (χ0v) is 41.2. The Morgan fingerprint density at radius 2 is 0.821 bits per heavy atom. The zero-order valence-electron chi connectivity index (χ0n) is 39.2. The molecule has 0 amide bonds. The summed E-state index contributed by atoms with van der Waals surface area (Å²) in [4.78, 5) is 5.06. The van der Waals surface area contributed by atoms with Crippen LogP contribution in [0.3, 0.4) is 0 Å². The van der Waals surface area contributed by atoms with Crippen LogP contribution in [-0.4, -0.2) is 16.1 Å². The van der Waals surface area contributed by atoms with E-state index in [-0.39, 0.29) is 0 Å². The van der Waals surface area contributed by atoms with E-state index < -0.39 is 21.6 Å². The number of hydrogen-bond acceptors (Lipinski definition) is 2. The lowest BCUT2D eigenvalue weighted by Crippen LogP contribution is -2.40. The molecule has 12 rings (SSSR count). The molecule has 2 aliphatic carbocycles. The fourth-order valence-corrected chi connectivity index (χ4v) is 14.8. The van der Waals surface area contributed by atoms with Crippen molar-refractivity contribution in [2.75, 3.05) is 9.80 Å². The Morgan fingerprint density at radius 3 is 1.42 bits per heavy atom. The number of hydrogen-bond donors (Lipinski definition) is 0. The Hall–Kier alpha value is -7.25. The van der Waals surface area contributed by atoms with Gasteiger partial charge in [-0.15, -0.1) is 0 Å². The standard InChI is InChI=1S/C63H54N2Si2/c1-66(2,3)59-35-21-19-33-56(59)64(44-23-9-7-10-24-44)46-38-40-47-43(41-46)37-39-52-61-51-30-14-13-29-50(51)58(65(45-25-11-8-12-26-45)57-34-20-22-36-60(57)67(4,5)6)42-55(61)63(62(47)52)53-31-17-15-27-48(53)49-28-16-18-32-54(49)63/h7-42H,1-6H3. The summed E-state index contributed by atoms with van der Waals surface area (Å²) < 4.78 is 0. The first-order valence-corrected chi connectivity index (χ1v) is 30.8. The van der Waals surface area contributed by atoms with E-state index in [1.165, 1.54) is 93.5 Å². The van der Waals surface area contributed by atoms with E-state index in [4.69, 9.17) is 0 Å². The van der Waals surface area contributed by atoms with E-state index in [9.17, 15) is 0 Å². The molecule has 0 aromatic heterocycles. The minimum atomic E-state index is -1.82. The van der Waals surface area contributed by atoms with Crippen LogP contribution in [0.1, 0.15) is 22.3 Å². The molecular formula is C63H54N2Si2. The monoisotopic (exact) mass is 894 g/mol. The summed E-state index contributed by atoms with van der Waals surface area (Å²) >= 11 is 0. The molecule has 2 aliphatic rings. The molecule has 4 heteroatoms. The topological polar surface area (TPSA) is 6.48 Å². The number of fused-ring (bicyclic) bond motifs is 14. The number of rotatable bonds is 8. The molecule has 0 heterocycles. The van der Waals surface area contributed by atoms with E-state index in [1.54, 1.807) is 0 Å². The van der Waals surface area contributed by atoms with Gasteiger partial charge in [-0.2, -0.15) is 0 Å². The summed E-state index contributed by atoms with van der Waals surface area (Å²) in [6.45, 7) is 14.8. The Labute approximate surface area is 397 Å². The molecule has 2 nitrogen and oxygen atoms in total. The second kappa shape index (κ2) is 15.4. The molecule has 0 radical (unpaired) electrons. The molecule has 1 spiro atoms. The number of benzene rings is 10. The lowest BCUT2D eigenvalue weighted by molar-refractivity contribution is 0.802. The average molecular weight is 895 g/mol. The van der Waals surface area contributed by atoms with E-state index in [2.05, 4.69) is 267 Å². The van der Waals surface area contributed by atoms with Gasteiger partial charge in [0.15, 0.2) is 0 Å². The van der Waals surface area contributed by atoms with Gasteiger partial charge in [0.1, 0.15) is 0 Å². The number of nitrogens with zero attached hydrogens (tertiary/aromatic N) is 2. The Balaban J connectivity index is 1.19. The predicted octanol–water partition coefficient (Wildman–Crippen LogP) is 16.4. The van der Waals surface area contributed by atoms with Crippen molar-refractivity contribution in [3.05, 3.63) is 241 Å². The fraction of sp³-hybridized carbons (Fsp3) is 0.111. The summed E-state index contributed by atoms with van der Waals surface area (Å²) in [6, 6.07) is 82.5. The summed E-state index contributed by atoms with van der Waals surface area (Å²) in [5.74, 6) is 0. The van der Waals surface area contributed by atoms with Gasteiger partial charge in [-0.1, -0.05) is 203 Å². The van der Waals surface area contributed by atoms with Crippen LogP contribution in [0.15, 0.2) is 218 Å². The average Bonchev–Trinajstić information content (AvgIpc) is 3.82. The van der Waals surface area contributed by atoms with Gasteiger partial charge >= 0.3 is 0 Å². The van der Waals surface area contributed by atoms with Crippen LogP contribution in [0.5, 0.6) is 0 Å². The van der Waals surface area contributed by atoms with Crippen LogP contribution >= 0.6 is 0 Å². The smallest absolute Gasteiger partial charge is 0.0803 e. The molecule has 0 N–H and O–H groups in total. The summed E-state index contributed by atoms with van der Waals surface area (Å²) in [5.41, 5.74) is 17.3. The molecule has 67 heavy (non-hydrogen) atoms. The lowest BCUT2D eigenvalue weighted by Gasteiger charge is -2.35. The van der Waals surface area contributed by atoms with Crippen molar-refractivity contribution in [2.24, 2.45) is 0 Å². The van der Waals surface area contributed by atoms with Crippen LogP contribution in [0.2, 0.25) is 39.3 Å². The van der Waals surface area contributed by atoms with Crippen molar-refractivity contribution >= 4 is 82.2 Å². The van der Waals surface area contributed by atoms with E-state index in [1.807, 2.05) is 0 Å². The van der Waals surface area contributed by atoms with Gasteiger partial charge < -0.3 is 9.80 Å². The van der Waals surface area contributed by atoms with Crippen LogP contribution in [0.25, 0.3) is 43.8 Å². The van der Waals surface area contributed by atoms with Crippen molar-refractivity contribution in [1.29, 1.82) is 0 Å². The van der Waals surface area contributed by atoms with Crippen LogP contribution in [-0.2, 0) is 5.41 Å². The van der Waals surface area contributed by atoms with Crippen LogP contribution < -0.4 is 20.2 Å². The van der Waals surface area contributed by atoms with Gasteiger partial charge in [-0.3, -0.25) is 0 Å². The van der Waals surface area contributed by atoms with Crippen molar-refractivity contribution in [3.63, 3.8) is 0 Å². The van der Waals surface area contributed by atoms with Crippen LogP contribution in [0, 0.1) is 0 Å². The third-order valence-corrected chi connectivity index (χ3v) is 18.5. The first kappa shape index (κ1) is 41.2. The normalized spacial score (nSPS) is 13.3. The van der Waals surface area contributed by atoms with Crippen LogP contribution in [0.4, 0.5) is 34.1 Å². The summed E-state index contributed by atoms with van der Waals surface area (Å²) in [6.07, 6.45) is 0. The lowest BCUT2D eigenvalue weighted by atomic mass is 9.69. The van der Waals surface area contributed by atoms with E-state index in [0.29, 0.717) is 0 Å². The van der Waals surface area contributed by atoms with Gasteiger partial charge in [0.25, 0.3) is 0 Å². The molecule has 0 atom stereocenters. The third-order valence-electron chi connectivity index (χ3n) is 14.5. The second-order valence-corrected chi connectivity index (χ2v) is 30.6. The molecular weight excluding hydrogens is 841 g/mol. The maximum Gasteiger partial charge on any atom is 0.0803 e. The number of para-hydroxylation sites is 4. The molecule has 10 aromatic carbocycles. The predicted molar refractivity (Wildman–Crippen MR) is 293 cm³/mol. The first-order valence-electron chi connectivity index (χ1n) is 23.8. The van der Waals surface area contributed by atoms with Gasteiger partial charge in [0.05, 0.1) is 27.3 Å². The number of anilines is 6. The largest absolute Gasteiger partial charge is 0.311 e. The maximum absolute atomic E-state index is 2.59. The third kappa shape index (κ3) is 6.27. The molecule has 0 bridgehead atoms. The Kier molecular flexibility index (Phi) is 9.48. The summed E-state index contributed by atoms with van der Waals surface area (Å²) in [5, 5.41) is 7.92. The minimum Gasteiger partial charge on any atom is -0.311 e. The van der Waals surface area contributed by atoms with Crippen molar-refractivity contribution < 1.29 is 0 Å². The highest BCUT2D eigenvalue weighted by molar-refractivity contribution is 6.90. The van der Waals surface area contributed by atoms with Gasteiger partial charge in [-0.05, 0) is 126 Å². The Bertz CT molecular complexity index is 3520. The van der Waals surface area contributed by atoms with Crippen molar-refractivity contribution in [1.82, 2.24) is 0 Å². The highest BCUT2D eigenvalue weighted by Crippen LogP contribution is 2.66. The zero-order chi connectivity index (χ0) is 45.7. The summed E-state index contributed by atoms with van der Waals surface area (Å²) in [7, 11) is -3.55. The highest BCUT2D eigenvalue weighted by atomic mass is 28.3. The van der Waals surface area contributed by atoms with E-state index in [0.717, 1.165) is 17.1 Å². The molecule has 0 saturated carbocycles. The molecule has 0 saturated heterocycles.